The summed E-state index contributed by atoms with van der Waals surface area (Å²) in [5, 5.41) is 14.9. The van der Waals surface area contributed by atoms with Crippen molar-refractivity contribution in [1.29, 1.82) is 0 Å². The number of nitrogens with zero attached hydrogens (tertiary/aromatic N) is 4. The van der Waals surface area contributed by atoms with Gasteiger partial charge in [0, 0.05) is 23.2 Å². The zero-order chi connectivity index (χ0) is 18.6. The van der Waals surface area contributed by atoms with Crippen LogP contribution in [0.4, 0.5) is 0 Å². The predicted molar refractivity (Wildman–Crippen MR) is 113 cm³/mol. The van der Waals surface area contributed by atoms with Crippen molar-refractivity contribution in [2.24, 2.45) is 0 Å². The highest BCUT2D eigenvalue weighted by Crippen LogP contribution is 2.31. The van der Waals surface area contributed by atoms with Gasteiger partial charge in [-0.05, 0) is 30.5 Å². The van der Waals surface area contributed by atoms with E-state index in [1.54, 1.807) is 41.5 Å². The number of ether oxygens (including phenoxy) is 1. The highest BCUT2D eigenvalue weighted by atomic mass is 32.2. The summed E-state index contributed by atoms with van der Waals surface area (Å²) < 4.78 is 7.46. The van der Waals surface area contributed by atoms with E-state index in [4.69, 9.17) is 9.72 Å². The van der Waals surface area contributed by atoms with E-state index >= 15 is 0 Å². The van der Waals surface area contributed by atoms with Crippen LogP contribution in [0.15, 0.2) is 52.3 Å². The molecule has 0 unspecified atom stereocenters. The second kappa shape index (κ2) is 8.24. The zero-order valence-corrected chi connectivity index (χ0v) is 17.4. The van der Waals surface area contributed by atoms with Gasteiger partial charge in [0.2, 0.25) is 0 Å². The standard InChI is InChI=1S/C19H18N4OS3/c1-3-23-17(16-8-5-9-25-16)21-22-19(23)27-12-14-11-26-18(20-14)13-6-4-7-15(10-13)24-2/h4-11H,3,12H2,1-2H3. The Morgan fingerprint density at radius 2 is 2.07 bits per heavy atom. The number of methoxy groups -OCH3 is 1. The molecule has 138 valence electrons. The molecule has 0 aliphatic rings. The Bertz CT molecular complexity index is 1020. The van der Waals surface area contributed by atoms with Gasteiger partial charge in [0.1, 0.15) is 10.8 Å². The minimum atomic E-state index is 0.767. The van der Waals surface area contributed by atoms with Gasteiger partial charge in [0.15, 0.2) is 11.0 Å². The van der Waals surface area contributed by atoms with Crippen LogP contribution in [0.5, 0.6) is 5.75 Å². The lowest BCUT2D eigenvalue weighted by molar-refractivity contribution is 0.415. The number of thiazole rings is 1. The quantitative estimate of drug-likeness (QED) is 0.376. The Morgan fingerprint density at radius 3 is 2.85 bits per heavy atom. The number of thiophene rings is 1. The Labute approximate surface area is 170 Å². The first-order valence-corrected chi connectivity index (χ1v) is 11.2. The van der Waals surface area contributed by atoms with Gasteiger partial charge >= 0.3 is 0 Å². The first-order valence-electron chi connectivity index (χ1n) is 8.47. The average molecular weight is 415 g/mol. The molecule has 0 aliphatic heterocycles. The summed E-state index contributed by atoms with van der Waals surface area (Å²) in [7, 11) is 1.68. The fourth-order valence-corrected chi connectivity index (χ4v) is 5.20. The van der Waals surface area contributed by atoms with Gasteiger partial charge in [-0.25, -0.2) is 4.98 Å². The van der Waals surface area contributed by atoms with Crippen molar-refractivity contribution in [3.63, 3.8) is 0 Å². The maximum absolute atomic E-state index is 5.30. The smallest absolute Gasteiger partial charge is 0.191 e. The Morgan fingerprint density at radius 1 is 1.15 bits per heavy atom. The van der Waals surface area contributed by atoms with Gasteiger partial charge in [-0.3, -0.25) is 0 Å². The lowest BCUT2D eigenvalue weighted by Gasteiger charge is -2.05. The molecule has 1 aromatic carbocycles. The van der Waals surface area contributed by atoms with Crippen LogP contribution in [-0.4, -0.2) is 26.9 Å². The van der Waals surface area contributed by atoms with E-state index in [0.29, 0.717) is 0 Å². The van der Waals surface area contributed by atoms with Crippen molar-refractivity contribution in [2.45, 2.75) is 24.4 Å². The molecular formula is C19H18N4OS3. The molecule has 0 aliphatic carbocycles. The molecule has 0 saturated heterocycles. The molecule has 0 spiro atoms. The number of rotatable bonds is 7. The van der Waals surface area contributed by atoms with Gasteiger partial charge < -0.3 is 9.30 Å². The van der Waals surface area contributed by atoms with Crippen LogP contribution in [0.3, 0.4) is 0 Å². The molecule has 0 radical (unpaired) electrons. The van der Waals surface area contributed by atoms with Gasteiger partial charge in [0.05, 0.1) is 17.7 Å². The van der Waals surface area contributed by atoms with Crippen molar-refractivity contribution in [3.8, 4) is 27.0 Å². The zero-order valence-electron chi connectivity index (χ0n) is 15.0. The lowest BCUT2D eigenvalue weighted by Crippen LogP contribution is -1.99. The molecule has 0 atom stereocenters. The van der Waals surface area contributed by atoms with Crippen LogP contribution in [0, 0.1) is 0 Å². The van der Waals surface area contributed by atoms with Crippen LogP contribution >= 0.6 is 34.4 Å². The molecule has 5 nitrogen and oxygen atoms in total. The molecule has 0 amide bonds. The van der Waals surface area contributed by atoms with E-state index in [9.17, 15) is 0 Å². The second-order valence-electron chi connectivity index (χ2n) is 5.69. The SMILES string of the molecule is CCn1c(SCc2csc(-c3cccc(OC)c3)n2)nnc1-c1cccs1. The normalized spacial score (nSPS) is 11.0. The van der Waals surface area contributed by atoms with E-state index in [-0.39, 0.29) is 0 Å². The summed E-state index contributed by atoms with van der Waals surface area (Å²) >= 11 is 5.01. The number of benzene rings is 1. The van der Waals surface area contributed by atoms with Gasteiger partial charge in [-0.15, -0.1) is 32.9 Å². The number of aromatic nitrogens is 4. The summed E-state index contributed by atoms with van der Waals surface area (Å²) in [6.45, 7) is 2.96. The average Bonchev–Trinajstić information content (AvgIpc) is 3.46. The molecule has 0 N–H and O–H groups in total. The first-order chi connectivity index (χ1) is 13.3. The van der Waals surface area contributed by atoms with Crippen LogP contribution in [0.1, 0.15) is 12.6 Å². The highest BCUT2D eigenvalue weighted by molar-refractivity contribution is 7.98. The molecule has 4 aromatic rings. The predicted octanol–water partition coefficient (Wildman–Crippen LogP) is 5.45. The Hall–Kier alpha value is -2.16. The Kier molecular flexibility index (Phi) is 5.56. The number of hydrogen-bond acceptors (Lipinski definition) is 7. The minimum absolute atomic E-state index is 0.767. The van der Waals surface area contributed by atoms with E-state index in [2.05, 4.69) is 44.6 Å². The molecular weight excluding hydrogens is 396 g/mol. The summed E-state index contributed by atoms with van der Waals surface area (Å²) in [6, 6.07) is 12.1. The molecule has 0 saturated carbocycles. The highest BCUT2D eigenvalue weighted by Gasteiger charge is 2.15. The summed E-state index contributed by atoms with van der Waals surface area (Å²) in [5.41, 5.74) is 2.12. The van der Waals surface area contributed by atoms with Crippen LogP contribution in [-0.2, 0) is 12.3 Å². The summed E-state index contributed by atoms with van der Waals surface area (Å²) in [6.07, 6.45) is 0. The van der Waals surface area contributed by atoms with Crippen molar-refractivity contribution >= 4 is 34.4 Å². The van der Waals surface area contributed by atoms with Crippen LogP contribution in [0.25, 0.3) is 21.3 Å². The third kappa shape index (κ3) is 3.92. The first kappa shape index (κ1) is 18.2. The Balaban J connectivity index is 1.49. The van der Waals surface area contributed by atoms with Crippen molar-refractivity contribution in [3.05, 3.63) is 52.9 Å². The molecule has 0 bridgehead atoms. The summed E-state index contributed by atoms with van der Waals surface area (Å²) in [5.74, 6) is 2.55. The van der Waals surface area contributed by atoms with E-state index in [0.717, 1.165) is 50.2 Å². The van der Waals surface area contributed by atoms with Gasteiger partial charge in [0.25, 0.3) is 0 Å². The third-order valence-electron chi connectivity index (χ3n) is 3.99. The lowest BCUT2D eigenvalue weighted by atomic mass is 10.2. The molecule has 27 heavy (non-hydrogen) atoms. The third-order valence-corrected chi connectivity index (χ3v) is 6.80. The maximum atomic E-state index is 5.30. The molecule has 3 heterocycles. The maximum Gasteiger partial charge on any atom is 0.191 e. The largest absolute Gasteiger partial charge is 0.497 e. The molecule has 8 heteroatoms. The molecule has 4 rings (SSSR count). The molecule has 0 fully saturated rings. The van der Waals surface area contributed by atoms with E-state index in [1.807, 2.05) is 24.3 Å². The number of hydrogen-bond donors (Lipinski definition) is 0. The van der Waals surface area contributed by atoms with Crippen LogP contribution in [0.2, 0.25) is 0 Å². The minimum Gasteiger partial charge on any atom is -0.497 e. The monoisotopic (exact) mass is 414 g/mol. The second-order valence-corrected chi connectivity index (χ2v) is 8.44. The number of thioether (sulfide) groups is 1. The van der Waals surface area contributed by atoms with Crippen LogP contribution < -0.4 is 4.74 Å². The summed E-state index contributed by atoms with van der Waals surface area (Å²) in [4.78, 5) is 5.91. The molecule has 3 aromatic heterocycles. The van der Waals surface area contributed by atoms with Crippen molar-refractivity contribution in [1.82, 2.24) is 19.7 Å². The fourth-order valence-electron chi connectivity index (χ4n) is 2.67. The van der Waals surface area contributed by atoms with Crippen molar-refractivity contribution in [2.75, 3.05) is 7.11 Å². The fraction of sp³-hybridized carbons (Fsp3) is 0.211. The van der Waals surface area contributed by atoms with Crippen molar-refractivity contribution < 1.29 is 4.74 Å². The topological polar surface area (TPSA) is 52.8 Å². The van der Waals surface area contributed by atoms with E-state index < -0.39 is 0 Å². The van der Waals surface area contributed by atoms with Gasteiger partial charge in [-0.1, -0.05) is 30.0 Å². The van der Waals surface area contributed by atoms with Gasteiger partial charge in [-0.2, -0.15) is 0 Å². The van der Waals surface area contributed by atoms with E-state index in [1.165, 1.54) is 0 Å².